The van der Waals surface area contributed by atoms with E-state index >= 15 is 0 Å². The number of rotatable bonds is 12. The van der Waals surface area contributed by atoms with E-state index in [-0.39, 0.29) is 12.3 Å². The zero-order valence-corrected chi connectivity index (χ0v) is 17.0. The van der Waals surface area contributed by atoms with E-state index in [0.29, 0.717) is 32.2 Å². The van der Waals surface area contributed by atoms with Crippen LogP contribution in [0.15, 0.2) is 30.3 Å². The number of hydroxylamine groups is 1. The van der Waals surface area contributed by atoms with Gasteiger partial charge in [-0.25, -0.2) is 5.48 Å². The van der Waals surface area contributed by atoms with Crippen molar-refractivity contribution in [1.29, 1.82) is 0 Å². The summed E-state index contributed by atoms with van der Waals surface area (Å²) in [6.07, 6.45) is 2.19. The molecule has 0 bridgehead atoms. The van der Waals surface area contributed by atoms with E-state index < -0.39 is 29.4 Å². The second-order valence-corrected chi connectivity index (χ2v) is 7.13. The molecule has 0 saturated heterocycles. The van der Waals surface area contributed by atoms with Crippen molar-refractivity contribution in [3.05, 3.63) is 35.9 Å². The first-order valence-electron chi connectivity index (χ1n) is 9.70. The monoisotopic (exact) mass is 408 g/mol. The second-order valence-electron chi connectivity index (χ2n) is 7.13. The normalized spacial score (nSPS) is 14.9. The molecule has 29 heavy (non-hydrogen) atoms. The molecule has 162 valence electrons. The maximum absolute atomic E-state index is 12.9. The number of aliphatic hydroxyl groups is 1. The van der Waals surface area contributed by atoms with Gasteiger partial charge in [-0.05, 0) is 51.1 Å². The maximum atomic E-state index is 12.9. The maximum Gasteiger partial charge on any atom is 0.275 e. The number of nitrogens with one attached hydrogen (secondary N) is 3. The fourth-order valence-electron chi connectivity index (χ4n) is 3.13. The van der Waals surface area contributed by atoms with Gasteiger partial charge in [-0.2, -0.15) is 0 Å². The smallest absolute Gasteiger partial charge is 0.275 e. The molecule has 0 spiro atoms. The van der Waals surface area contributed by atoms with Crippen molar-refractivity contribution >= 4 is 17.7 Å². The third-order valence-corrected chi connectivity index (χ3v) is 4.93. The van der Waals surface area contributed by atoms with Gasteiger partial charge >= 0.3 is 0 Å². The lowest BCUT2D eigenvalue weighted by molar-refractivity contribution is -0.159. The van der Waals surface area contributed by atoms with Gasteiger partial charge in [-0.3, -0.25) is 19.6 Å². The molecule has 0 aliphatic rings. The summed E-state index contributed by atoms with van der Waals surface area (Å²) in [4.78, 5) is 36.9. The predicted octanol–water partition coefficient (Wildman–Crippen LogP) is -0.148. The van der Waals surface area contributed by atoms with Crippen LogP contribution in [0, 0.1) is 5.92 Å². The number of hydrogen-bond acceptors (Lipinski definition) is 6. The van der Waals surface area contributed by atoms with Crippen LogP contribution >= 0.6 is 0 Å². The van der Waals surface area contributed by atoms with Gasteiger partial charge in [0.1, 0.15) is 6.04 Å². The number of benzene rings is 1. The summed E-state index contributed by atoms with van der Waals surface area (Å²) in [7, 11) is 1.46. The molecule has 1 aromatic carbocycles. The highest BCUT2D eigenvalue weighted by atomic mass is 16.5. The summed E-state index contributed by atoms with van der Waals surface area (Å²) in [5.41, 5.74) is 5.80. The van der Waals surface area contributed by atoms with Gasteiger partial charge in [0.05, 0.1) is 5.92 Å². The van der Waals surface area contributed by atoms with Gasteiger partial charge in [-0.1, -0.05) is 30.3 Å². The van der Waals surface area contributed by atoms with Crippen molar-refractivity contribution in [2.24, 2.45) is 11.7 Å². The predicted molar refractivity (Wildman–Crippen MR) is 108 cm³/mol. The Labute approximate surface area is 171 Å². The average molecular weight is 408 g/mol. The molecule has 0 aliphatic heterocycles. The van der Waals surface area contributed by atoms with Crippen LogP contribution in [0.1, 0.15) is 38.2 Å². The summed E-state index contributed by atoms with van der Waals surface area (Å²) in [6.45, 7) is 1.52. The van der Waals surface area contributed by atoms with E-state index in [9.17, 15) is 19.5 Å². The number of likely N-dealkylation sites (N-methyl/N-ethyl adjacent to an activating group) is 1. The molecule has 0 unspecified atom stereocenters. The van der Waals surface area contributed by atoms with Crippen LogP contribution in [0.3, 0.4) is 0 Å². The van der Waals surface area contributed by atoms with E-state index in [1.54, 1.807) is 0 Å². The third kappa shape index (κ3) is 7.45. The van der Waals surface area contributed by atoms with Gasteiger partial charge in [-0.15, -0.1) is 0 Å². The molecule has 1 aromatic rings. The first-order chi connectivity index (χ1) is 13.8. The SMILES string of the molecule is CNC(=O)[C@H](CCCN)NC(=O)[C@H](CCCc1ccccc1)[C@@](C)(O)C(=O)NO. The number of nitrogens with two attached hydrogens (primary N) is 1. The summed E-state index contributed by atoms with van der Waals surface area (Å²) in [5, 5.41) is 24.7. The van der Waals surface area contributed by atoms with Crippen molar-refractivity contribution in [1.82, 2.24) is 16.1 Å². The fraction of sp³-hybridized carbons (Fsp3) is 0.550. The Bertz CT molecular complexity index is 666. The highest BCUT2D eigenvalue weighted by Crippen LogP contribution is 2.24. The molecule has 1 rings (SSSR count). The molecule has 0 radical (unpaired) electrons. The number of aryl methyl sites for hydroxylation is 1. The summed E-state index contributed by atoms with van der Waals surface area (Å²) >= 11 is 0. The Morgan fingerprint density at radius 1 is 1.10 bits per heavy atom. The minimum Gasteiger partial charge on any atom is -0.379 e. The van der Waals surface area contributed by atoms with E-state index in [0.717, 1.165) is 5.56 Å². The lowest BCUT2D eigenvalue weighted by Gasteiger charge is -2.31. The molecule has 0 saturated carbocycles. The second kappa shape index (κ2) is 12.2. The molecule has 9 heteroatoms. The quantitative estimate of drug-likeness (QED) is 0.209. The molecule has 3 amide bonds. The lowest BCUT2D eigenvalue weighted by atomic mass is 9.83. The fourth-order valence-corrected chi connectivity index (χ4v) is 3.13. The summed E-state index contributed by atoms with van der Waals surface area (Å²) in [6, 6.07) is 8.77. The van der Waals surface area contributed by atoms with Crippen LogP contribution < -0.4 is 21.8 Å². The van der Waals surface area contributed by atoms with Crippen molar-refractivity contribution in [3.63, 3.8) is 0 Å². The highest BCUT2D eigenvalue weighted by Gasteiger charge is 2.44. The number of hydrogen-bond donors (Lipinski definition) is 6. The molecular formula is C20H32N4O5. The first-order valence-corrected chi connectivity index (χ1v) is 9.70. The van der Waals surface area contributed by atoms with Crippen LogP contribution in [-0.4, -0.2) is 53.3 Å². The molecule has 7 N–H and O–H groups in total. The molecule has 0 fully saturated rings. The van der Waals surface area contributed by atoms with Gasteiger partial charge in [0.15, 0.2) is 5.60 Å². The molecule has 3 atom stereocenters. The molecule has 0 aliphatic carbocycles. The van der Waals surface area contributed by atoms with Crippen molar-refractivity contribution in [2.45, 2.75) is 50.7 Å². The van der Waals surface area contributed by atoms with E-state index in [1.807, 2.05) is 30.3 Å². The molecule has 0 aromatic heterocycles. The lowest BCUT2D eigenvalue weighted by Crippen LogP contribution is -2.56. The molecular weight excluding hydrogens is 376 g/mol. The Morgan fingerprint density at radius 2 is 1.76 bits per heavy atom. The van der Waals surface area contributed by atoms with Crippen LogP contribution in [0.25, 0.3) is 0 Å². The average Bonchev–Trinajstić information content (AvgIpc) is 2.73. The van der Waals surface area contributed by atoms with Crippen LogP contribution in [0.4, 0.5) is 0 Å². The Kier molecular flexibility index (Phi) is 10.3. The topological polar surface area (TPSA) is 154 Å². The number of carbonyl (C=O) groups is 3. The van der Waals surface area contributed by atoms with E-state index in [2.05, 4.69) is 10.6 Å². The van der Waals surface area contributed by atoms with E-state index in [1.165, 1.54) is 19.5 Å². The largest absolute Gasteiger partial charge is 0.379 e. The zero-order chi connectivity index (χ0) is 21.9. The summed E-state index contributed by atoms with van der Waals surface area (Å²) < 4.78 is 0. The molecule has 0 heterocycles. The van der Waals surface area contributed by atoms with Crippen LogP contribution in [0.5, 0.6) is 0 Å². The zero-order valence-electron chi connectivity index (χ0n) is 17.0. The van der Waals surface area contributed by atoms with Crippen LogP contribution in [0.2, 0.25) is 0 Å². The number of amides is 3. The van der Waals surface area contributed by atoms with Crippen molar-refractivity contribution < 1.29 is 24.7 Å². The van der Waals surface area contributed by atoms with Gasteiger partial charge < -0.3 is 21.5 Å². The van der Waals surface area contributed by atoms with Gasteiger partial charge in [0, 0.05) is 7.05 Å². The third-order valence-electron chi connectivity index (χ3n) is 4.93. The number of carbonyl (C=O) groups excluding carboxylic acids is 3. The Hall–Kier alpha value is -2.49. The highest BCUT2D eigenvalue weighted by molar-refractivity contribution is 5.94. The summed E-state index contributed by atoms with van der Waals surface area (Å²) in [5.74, 6) is -3.28. The van der Waals surface area contributed by atoms with Crippen molar-refractivity contribution in [2.75, 3.05) is 13.6 Å². The Balaban J connectivity index is 2.94. The molecule has 9 nitrogen and oxygen atoms in total. The van der Waals surface area contributed by atoms with Gasteiger partial charge in [0.2, 0.25) is 11.8 Å². The Morgan fingerprint density at radius 3 is 2.31 bits per heavy atom. The minimum absolute atomic E-state index is 0.179. The van der Waals surface area contributed by atoms with E-state index in [4.69, 9.17) is 10.9 Å². The first kappa shape index (κ1) is 24.5. The van der Waals surface area contributed by atoms with Crippen molar-refractivity contribution in [3.8, 4) is 0 Å². The standard InChI is InChI=1S/C20H32N4O5/c1-20(28,19(27)24-29)15(11-6-10-14-8-4-3-5-9-14)17(25)23-16(12-7-13-21)18(26)22-2/h3-5,8-9,15-16,28-29H,6-7,10-13,21H2,1-2H3,(H,22,26)(H,23,25)(H,24,27)/t15-,16-,20+/m0/s1. The van der Waals surface area contributed by atoms with Crippen LogP contribution in [-0.2, 0) is 20.8 Å². The minimum atomic E-state index is -2.16. The van der Waals surface area contributed by atoms with Gasteiger partial charge in [0.25, 0.3) is 5.91 Å².